The second-order valence-corrected chi connectivity index (χ2v) is 9.56. The number of allylic oxidation sites excluding steroid dienone is 1. The lowest BCUT2D eigenvalue weighted by atomic mass is 9.88. The average molecular weight is 350 g/mol. The minimum Gasteiger partial charge on any atom is -0.391 e. The Morgan fingerprint density at radius 2 is 1.79 bits per heavy atom. The Morgan fingerprint density at radius 3 is 2.33 bits per heavy atom. The van der Waals surface area contributed by atoms with Gasteiger partial charge in [-0.2, -0.15) is 0 Å². The predicted octanol–water partition coefficient (Wildman–Crippen LogP) is 4.67. The molecule has 1 aromatic carbocycles. The number of hydrogen-bond acceptors (Lipinski definition) is 3. The maximum atomic E-state index is 13.7. The van der Waals surface area contributed by atoms with Gasteiger partial charge in [-0.1, -0.05) is 63.5 Å². The standard InChI is InChI=1S/C20H31NO2S/c1-16(2)20(22)19(15-14-17-10-6-4-7-11-17)24(23,21-3)18-12-8-5-9-13-18/h5,8-9,12-17,19-20,22H,4,6-7,10-11H2,1-3H3/b15-14+/t19-,20-,24+/m1/s1. The number of rotatable bonds is 6. The summed E-state index contributed by atoms with van der Waals surface area (Å²) in [5.41, 5.74) is 0. The summed E-state index contributed by atoms with van der Waals surface area (Å²) < 4.78 is 18.0. The largest absolute Gasteiger partial charge is 0.391 e. The van der Waals surface area contributed by atoms with Crippen LogP contribution in [0.5, 0.6) is 0 Å². The van der Waals surface area contributed by atoms with Crippen LogP contribution in [0.3, 0.4) is 0 Å². The van der Waals surface area contributed by atoms with Crippen molar-refractivity contribution in [1.82, 2.24) is 0 Å². The molecular weight excluding hydrogens is 318 g/mol. The van der Waals surface area contributed by atoms with Gasteiger partial charge in [0, 0.05) is 11.9 Å². The van der Waals surface area contributed by atoms with Gasteiger partial charge in [0.25, 0.3) is 0 Å². The van der Waals surface area contributed by atoms with Gasteiger partial charge in [0.2, 0.25) is 0 Å². The molecule has 0 bridgehead atoms. The van der Waals surface area contributed by atoms with Crippen molar-refractivity contribution in [2.75, 3.05) is 7.05 Å². The second-order valence-electron chi connectivity index (χ2n) is 7.05. The van der Waals surface area contributed by atoms with Crippen LogP contribution in [0.1, 0.15) is 46.0 Å². The van der Waals surface area contributed by atoms with Gasteiger partial charge in [-0.15, -0.1) is 0 Å². The minimum atomic E-state index is -2.70. The molecule has 0 spiro atoms. The van der Waals surface area contributed by atoms with E-state index >= 15 is 0 Å². The molecule has 2 rings (SSSR count). The van der Waals surface area contributed by atoms with Gasteiger partial charge < -0.3 is 5.11 Å². The monoisotopic (exact) mass is 349 g/mol. The lowest BCUT2D eigenvalue weighted by Gasteiger charge is -2.27. The van der Waals surface area contributed by atoms with E-state index in [1.165, 1.54) is 32.1 Å². The summed E-state index contributed by atoms with van der Waals surface area (Å²) in [6, 6.07) is 9.37. The molecule has 0 amide bonds. The summed E-state index contributed by atoms with van der Waals surface area (Å²) in [6.45, 7) is 3.93. The summed E-state index contributed by atoms with van der Waals surface area (Å²) >= 11 is 0. The van der Waals surface area contributed by atoms with Crippen LogP contribution >= 0.6 is 0 Å². The maximum Gasteiger partial charge on any atom is 0.0916 e. The SMILES string of the molecule is CN=[S@](=O)(c1ccccc1)[C@H](/C=C/C1CCCCC1)[C@H](O)C(C)C. The number of aliphatic hydroxyl groups is 1. The fourth-order valence-corrected chi connectivity index (χ4v) is 5.69. The third kappa shape index (κ3) is 4.48. The van der Waals surface area contributed by atoms with Crippen molar-refractivity contribution in [2.24, 2.45) is 16.2 Å². The topological polar surface area (TPSA) is 49.7 Å². The summed E-state index contributed by atoms with van der Waals surface area (Å²) in [5.74, 6) is 0.564. The number of hydrogen-bond donors (Lipinski definition) is 1. The van der Waals surface area contributed by atoms with E-state index in [-0.39, 0.29) is 5.92 Å². The first-order valence-corrected chi connectivity index (χ1v) is 10.6. The van der Waals surface area contributed by atoms with Crippen molar-refractivity contribution in [3.63, 3.8) is 0 Å². The molecule has 3 atom stereocenters. The normalized spacial score (nSPS) is 21.5. The molecule has 1 saturated carbocycles. The van der Waals surface area contributed by atoms with Crippen LogP contribution in [0.15, 0.2) is 51.7 Å². The molecule has 0 unspecified atom stereocenters. The van der Waals surface area contributed by atoms with Gasteiger partial charge in [0.15, 0.2) is 0 Å². The van der Waals surface area contributed by atoms with Crippen LogP contribution in [0.4, 0.5) is 0 Å². The fraction of sp³-hybridized carbons (Fsp3) is 0.600. The lowest BCUT2D eigenvalue weighted by Crippen LogP contribution is -2.36. The van der Waals surface area contributed by atoms with E-state index < -0.39 is 21.1 Å². The average Bonchev–Trinajstić information content (AvgIpc) is 2.62. The van der Waals surface area contributed by atoms with E-state index in [9.17, 15) is 9.32 Å². The molecule has 0 heterocycles. The van der Waals surface area contributed by atoms with Gasteiger partial charge in [0.05, 0.1) is 21.1 Å². The molecular formula is C20H31NO2S. The van der Waals surface area contributed by atoms with Gasteiger partial charge in [-0.3, -0.25) is 0 Å². The third-order valence-corrected chi connectivity index (χ3v) is 7.63. The van der Waals surface area contributed by atoms with Crippen LogP contribution in [0.25, 0.3) is 0 Å². The summed E-state index contributed by atoms with van der Waals surface area (Å²) in [5, 5.41) is 10.3. The molecule has 4 heteroatoms. The van der Waals surface area contributed by atoms with Gasteiger partial charge in [-0.25, -0.2) is 8.57 Å². The zero-order valence-electron chi connectivity index (χ0n) is 15.1. The maximum absolute atomic E-state index is 13.7. The third-order valence-electron chi connectivity index (χ3n) is 4.96. The minimum absolute atomic E-state index is 0.0253. The van der Waals surface area contributed by atoms with E-state index in [0.717, 1.165) is 0 Å². The van der Waals surface area contributed by atoms with E-state index in [0.29, 0.717) is 10.8 Å². The first-order valence-electron chi connectivity index (χ1n) is 9.04. The highest BCUT2D eigenvalue weighted by Crippen LogP contribution is 2.28. The second kappa shape index (κ2) is 8.82. The van der Waals surface area contributed by atoms with Crippen molar-refractivity contribution in [3.8, 4) is 0 Å². The molecule has 24 heavy (non-hydrogen) atoms. The van der Waals surface area contributed by atoms with Crippen molar-refractivity contribution < 1.29 is 9.32 Å². The fourth-order valence-electron chi connectivity index (χ4n) is 3.38. The Hall–Kier alpha value is -1.13. The number of nitrogens with zero attached hydrogens (tertiary/aromatic N) is 1. The van der Waals surface area contributed by atoms with Gasteiger partial charge in [0.1, 0.15) is 0 Å². The highest BCUT2D eigenvalue weighted by molar-refractivity contribution is 7.94. The van der Waals surface area contributed by atoms with Gasteiger partial charge in [-0.05, 0) is 36.8 Å². The Labute approximate surface area is 147 Å². The highest BCUT2D eigenvalue weighted by Gasteiger charge is 2.31. The van der Waals surface area contributed by atoms with Crippen molar-refractivity contribution in [2.45, 2.75) is 62.2 Å². The van der Waals surface area contributed by atoms with Crippen LogP contribution in [0, 0.1) is 11.8 Å². The molecule has 0 aliphatic heterocycles. The number of aliphatic hydroxyl groups excluding tert-OH is 1. The van der Waals surface area contributed by atoms with Crippen LogP contribution in [-0.4, -0.2) is 27.7 Å². The Bertz CT molecular complexity index is 639. The molecule has 1 aliphatic carbocycles. The van der Waals surface area contributed by atoms with Crippen LogP contribution in [-0.2, 0) is 9.73 Å². The quantitative estimate of drug-likeness (QED) is 0.759. The predicted molar refractivity (Wildman–Crippen MR) is 102 cm³/mol. The van der Waals surface area contributed by atoms with E-state index in [4.69, 9.17) is 0 Å². The molecule has 0 saturated heterocycles. The zero-order chi connectivity index (χ0) is 17.6. The van der Waals surface area contributed by atoms with E-state index in [1.54, 1.807) is 7.05 Å². The zero-order valence-corrected chi connectivity index (χ0v) is 15.9. The van der Waals surface area contributed by atoms with Crippen molar-refractivity contribution >= 4 is 9.73 Å². The molecule has 134 valence electrons. The Kier molecular flexibility index (Phi) is 7.05. The molecule has 0 radical (unpaired) electrons. The molecule has 1 fully saturated rings. The molecule has 1 N–H and O–H groups in total. The number of benzene rings is 1. The Morgan fingerprint density at radius 1 is 1.17 bits per heavy atom. The van der Waals surface area contributed by atoms with E-state index in [1.807, 2.05) is 50.3 Å². The summed E-state index contributed by atoms with van der Waals surface area (Å²) in [4.78, 5) is 0.700. The van der Waals surface area contributed by atoms with Crippen molar-refractivity contribution in [1.29, 1.82) is 0 Å². The molecule has 0 aromatic heterocycles. The first-order chi connectivity index (χ1) is 11.5. The molecule has 1 aromatic rings. The van der Waals surface area contributed by atoms with Crippen LogP contribution < -0.4 is 0 Å². The van der Waals surface area contributed by atoms with Gasteiger partial charge >= 0.3 is 0 Å². The Balaban J connectivity index is 2.37. The smallest absolute Gasteiger partial charge is 0.0916 e. The summed E-state index contributed by atoms with van der Waals surface area (Å²) in [6.07, 6.45) is 9.71. The van der Waals surface area contributed by atoms with Crippen LogP contribution in [0.2, 0.25) is 0 Å². The molecule has 1 aliphatic rings. The first kappa shape index (κ1) is 19.2. The van der Waals surface area contributed by atoms with Crippen molar-refractivity contribution in [3.05, 3.63) is 42.5 Å². The van der Waals surface area contributed by atoms with E-state index in [2.05, 4.69) is 10.4 Å². The molecule has 3 nitrogen and oxygen atoms in total. The highest BCUT2D eigenvalue weighted by atomic mass is 32.2. The summed E-state index contributed by atoms with van der Waals surface area (Å²) in [7, 11) is -1.10. The lowest BCUT2D eigenvalue weighted by molar-refractivity contribution is 0.131.